The molecule has 1 aliphatic heterocycles. The third-order valence-corrected chi connectivity index (χ3v) is 6.78. The van der Waals surface area contributed by atoms with Crippen molar-refractivity contribution < 1.29 is 90.4 Å². The summed E-state index contributed by atoms with van der Waals surface area (Å²) in [6.45, 7) is -0.932. The zero-order valence-electron chi connectivity index (χ0n) is 22.7. The fourth-order valence-corrected chi connectivity index (χ4v) is 3.83. The van der Waals surface area contributed by atoms with E-state index in [1.807, 2.05) is 0 Å². The van der Waals surface area contributed by atoms with Crippen LogP contribution in [-0.4, -0.2) is 191 Å². The van der Waals surface area contributed by atoms with Crippen molar-refractivity contribution in [1.29, 1.82) is 0 Å². The van der Waals surface area contributed by atoms with Crippen LogP contribution in [0.3, 0.4) is 0 Å². The maximum absolute atomic E-state index is 10.7. The molecule has 0 radical (unpaired) electrons. The number of ether oxygens (including phenoxy) is 4. The highest BCUT2D eigenvalue weighted by molar-refractivity contribution is 4.93. The lowest BCUT2D eigenvalue weighted by Gasteiger charge is -2.45. The topological polar surface area (TPSA) is 320 Å². The second kappa shape index (κ2) is 18.2. The Morgan fingerprint density at radius 3 is 1.66 bits per heavy atom. The summed E-state index contributed by atoms with van der Waals surface area (Å²) in [7, 11) is 0. The minimum absolute atomic E-state index is 0.591. The van der Waals surface area contributed by atoms with Crippen LogP contribution >= 0.6 is 0 Å². The molecule has 1 aliphatic rings. The Hall–Kier alpha value is -0.720. The zero-order chi connectivity index (χ0) is 31.6. The monoisotopic (exact) mass is 610 g/mol. The fourth-order valence-electron chi connectivity index (χ4n) is 3.83. The fraction of sp³-hybridized carbons (Fsp3) is 1.00. The van der Waals surface area contributed by atoms with Crippen molar-refractivity contribution in [3.8, 4) is 0 Å². The van der Waals surface area contributed by atoms with Gasteiger partial charge in [-0.15, -0.1) is 0 Å². The Balaban J connectivity index is 3.31. The molecule has 1 fully saturated rings. The van der Waals surface area contributed by atoms with Crippen LogP contribution < -0.4 is 0 Å². The summed E-state index contributed by atoms with van der Waals surface area (Å²) in [5.41, 5.74) is 0. The van der Waals surface area contributed by atoms with Crippen molar-refractivity contribution in [3.05, 3.63) is 0 Å². The average Bonchev–Trinajstić information content (AvgIpc) is 2.98. The molecule has 0 aromatic rings. The Kier molecular flexibility index (Phi) is 17.0. The Morgan fingerprint density at radius 2 is 1.17 bits per heavy atom. The molecule has 18 nitrogen and oxygen atoms in total. The van der Waals surface area contributed by atoms with Gasteiger partial charge in [-0.2, -0.15) is 0 Å². The number of aliphatic hydroxyl groups excluding tert-OH is 14. The molecule has 16 unspecified atom stereocenters. The molecule has 0 amide bonds. The summed E-state index contributed by atoms with van der Waals surface area (Å²) in [6, 6.07) is 0. The SMILES string of the molecule is CC(CO)C(O)C(O)C(O)C(O)OC1C(OC(C(O)OCC(O)CO)C(O)C(O)C(C)CO)OC(CO)C(O)C1O. The van der Waals surface area contributed by atoms with E-state index in [0.717, 1.165) is 0 Å². The van der Waals surface area contributed by atoms with Gasteiger partial charge in [0.05, 0.1) is 32.0 Å². The highest BCUT2D eigenvalue weighted by Gasteiger charge is 2.50. The highest BCUT2D eigenvalue weighted by Crippen LogP contribution is 2.29. The zero-order valence-corrected chi connectivity index (χ0v) is 22.7. The van der Waals surface area contributed by atoms with Gasteiger partial charge in [0.2, 0.25) is 0 Å². The molecule has 0 aromatic carbocycles. The van der Waals surface area contributed by atoms with Crippen LogP contribution in [0.4, 0.5) is 0 Å². The van der Waals surface area contributed by atoms with Crippen LogP contribution in [0, 0.1) is 11.8 Å². The van der Waals surface area contributed by atoms with Gasteiger partial charge in [-0.25, -0.2) is 0 Å². The summed E-state index contributed by atoms with van der Waals surface area (Å²) < 4.78 is 21.1. The minimum atomic E-state index is -2.41. The first-order valence-corrected chi connectivity index (χ1v) is 13.0. The molecule has 41 heavy (non-hydrogen) atoms. The molecule has 0 saturated carbocycles. The molecule has 1 rings (SSSR count). The summed E-state index contributed by atoms with van der Waals surface area (Å²) in [6.07, 6.45) is -27.6. The van der Waals surface area contributed by atoms with E-state index < -0.39 is 131 Å². The molecule has 0 bridgehead atoms. The van der Waals surface area contributed by atoms with E-state index in [0.29, 0.717) is 0 Å². The highest BCUT2D eigenvalue weighted by atomic mass is 16.7. The molecule has 1 saturated heterocycles. The Morgan fingerprint density at radius 1 is 0.634 bits per heavy atom. The standard InChI is InChI=1S/C23H46O18/c1-8(3-24)12(29)15(32)18(35)21(36)40-20-17(34)14(31)11(6-27)39-23(20)41-19(16(33)13(30)9(2)4-25)22(37)38-7-10(28)5-26/h8-37H,3-7H2,1-2H3. The van der Waals surface area contributed by atoms with Crippen LogP contribution in [0.5, 0.6) is 0 Å². The maximum Gasteiger partial charge on any atom is 0.187 e. The van der Waals surface area contributed by atoms with Gasteiger partial charge in [-0.1, -0.05) is 13.8 Å². The van der Waals surface area contributed by atoms with Crippen LogP contribution in [-0.2, 0) is 18.9 Å². The van der Waals surface area contributed by atoms with E-state index in [1.165, 1.54) is 13.8 Å². The lowest BCUT2D eigenvalue weighted by atomic mass is 9.95. The molecule has 0 aromatic heterocycles. The van der Waals surface area contributed by atoms with Crippen molar-refractivity contribution in [2.75, 3.05) is 33.0 Å². The summed E-state index contributed by atoms with van der Waals surface area (Å²) in [5.74, 6) is -1.94. The maximum atomic E-state index is 10.7. The third kappa shape index (κ3) is 10.4. The number of rotatable bonds is 19. The quantitative estimate of drug-likeness (QED) is 0.0604. The van der Waals surface area contributed by atoms with E-state index in [4.69, 9.17) is 29.2 Å². The molecule has 14 N–H and O–H groups in total. The van der Waals surface area contributed by atoms with Crippen LogP contribution in [0.2, 0.25) is 0 Å². The van der Waals surface area contributed by atoms with E-state index in [9.17, 15) is 61.3 Å². The largest absolute Gasteiger partial charge is 0.396 e. The van der Waals surface area contributed by atoms with Crippen molar-refractivity contribution in [3.63, 3.8) is 0 Å². The Bertz CT molecular complexity index is 706. The predicted molar refractivity (Wildman–Crippen MR) is 131 cm³/mol. The number of aliphatic hydroxyl groups is 14. The van der Waals surface area contributed by atoms with E-state index in [2.05, 4.69) is 0 Å². The van der Waals surface area contributed by atoms with Crippen LogP contribution in [0.1, 0.15) is 13.8 Å². The van der Waals surface area contributed by atoms with Gasteiger partial charge in [0.1, 0.15) is 54.9 Å². The van der Waals surface area contributed by atoms with Crippen molar-refractivity contribution in [2.24, 2.45) is 11.8 Å². The average molecular weight is 611 g/mol. The van der Waals surface area contributed by atoms with Crippen LogP contribution in [0.25, 0.3) is 0 Å². The first-order chi connectivity index (χ1) is 19.2. The van der Waals surface area contributed by atoms with Gasteiger partial charge < -0.3 is 90.4 Å². The first kappa shape index (κ1) is 38.3. The first-order valence-electron chi connectivity index (χ1n) is 13.0. The number of hydrogen-bond donors (Lipinski definition) is 14. The van der Waals surface area contributed by atoms with Gasteiger partial charge in [0, 0.05) is 25.0 Å². The van der Waals surface area contributed by atoms with Gasteiger partial charge in [0.15, 0.2) is 18.9 Å². The summed E-state index contributed by atoms with van der Waals surface area (Å²) >= 11 is 0. The molecule has 16 atom stereocenters. The van der Waals surface area contributed by atoms with Crippen LogP contribution in [0.15, 0.2) is 0 Å². The predicted octanol–water partition coefficient (Wildman–Crippen LogP) is -7.74. The van der Waals surface area contributed by atoms with Gasteiger partial charge >= 0.3 is 0 Å². The van der Waals surface area contributed by atoms with Crippen molar-refractivity contribution in [2.45, 2.75) is 99.9 Å². The molecule has 0 aliphatic carbocycles. The molecule has 18 heteroatoms. The lowest BCUT2D eigenvalue weighted by Crippen LogP contribution is -2.63. The van der Waals surface area contributed by atoms with E-state index in [1.54, 1.807) is 0 Å². The number of hydrogen-bond acceptors (Lipinski definition) is 18. The van der Waals surface area contributed by atoms with Gasteiger partial charge in [0.25, 0.3) is 0 Å². The van der Waals surface area contributed by atoms with Crippen molar-refractivity contribution in [1.82, 2.24) is 0 Å². The van der Waals surface area contributed by atoms with E-state index >= 15 is 0 Å². The minimum Gasteiger partial charge on any atom is -0.396 e. The Labute approximate surface area is 235 Å². The second-order valence-corrected chi connectivity index (χ2v) is 10.1. The molecular weight excluding hydrogens is 564 g/mol. The molecule has 1 heterocycles. The molecule has 246 valence electrons. The normalized spacial score (nSPS) is 31.8. The van der Waals surface area contributed by atoms with Gasteiger partial charge in [-0.05, 0) is 0 Å². The molecular formula is C23H46O18. The smallest absolute Gasteiger partial charge is 0.187 e. The van der Waals surface area contributed by atoms with Gasteiger partial charge in [-0.3, -0.25) is 0 Å². The third-order valence-electron chi connectivity index (χ3n) is 6.78. The van der Waals surface area contributed by atoms with Crippen molar-refractivity contribution >= 4 is 0 Å². The second-order valence-electron chi connectivity index (χ2n) is 10.1. The van der Waals surface area contributed by atoms with E-state index in [-0.39, 0.29) is 0 Å². The lowest BCUT2D eigenvalue weighted by molar-refractivity contribution is -0.366. The summed E-state index contributed by atoms with van der Waals surface area (Å²) in [5, 5.41) is 140. The summed E-state index contributed by atoms with van der Waals surface area (Å²) in [4.78, 5) is 0. The molecule has 0 spiro atoms.